The van der Waals surface area contributed by atoms with Crippen LogP contribution >= 0.6 is 0 Å². The first-order valence-electron chi connectivity index (χ1n) is 12.6. The van der Waals surface area contributed by atoms with Crippen LogP contribution in [0.4, 0.5) is 0 Å². The van der Waals surface area contributed by atoms with Crippen molar-refractivity contribution in [2.24, 2.45) is 0 Å². The van der Waals surface area contributed by atoms with Gasteiger partial charge in [-0.2, -0.15) is 0 Å². The maximum Gasteiger partial charge on any atom is 0.340 e. The van der Waals surface area contributed by atoms with Crippen LogP contribution in [0, 0.1) is 13.8 Å². The largest absolute Gasteiger partial charge is 0.484 e. The lowest BCUT2D eigenvalue weighted by molar-refractivity contribution is -0.139. The molecule has 1 aliphatic heterocycles. The average Bonchev–Trinajstić information content (AvgIpc) is 2.93. The number of fused-ring (bicyclic) bond motifs is 3. The molecule has 1 N–H and O–H groups in total. The van der Waals surface area contributed by atoms with Crippen LogP contribution in [0.15, 0.2) is 96.4 Å². The molecule has 1 unspecified atom stereocenters. The molecule has 1 amide bonds. The zero-order chi connectivity index (χ0) is 26.6. The molecule has 1 atom stereocenters. The average molecular weight is 508 g/mol. The molecular weight excluding hydrogens is 478 g/mol. The Morgan fingerprint density at radius 1 is 0.895 bits per heavy atom. The van der Waals surface area contributed by atoms with Gasteiger partial charge in [-0.25, -0.2) is 4.79 Å². The zero-order valence-corrected chi connectivity index (χ0v) is 21.6. The van der Waals surface area contributed by atoms with Crippen LogP contribution in [0.2, 0.25) is 0 Å². The highest BCUT2D eigenvalue weighted by molar-refractivity contribution is 5.97. The molecule has 6 heteroatoms. The van der Waals surface area contributed by atoms with E-state index in [9.17, 15) is 9.59 Å². The van der Waals surface area contributed by atoms with Crippen LogP contribution in [0.5, 0.6) is 11.5 Å². The SMILES string of the molecule is CCOC(=O)C1=C(NC(=O)COc2ccc(C)c(C)c2)Oc2ccc3ccccc3c2C1c1ccccc1. The summed E-state index contributed by atoms with van der Waals surface area (Å²) >= 11 is 0. The van der Waals surface area contributed by atoms with Gasteiger partial charge in [-0.3, -0.25) is 10.1 Å². The Labute approximate surface area is 221 Å². The van der Waals surface area contributed by atoms with Crippen molar-refractivity contribution in [2.75, 3.05) is 13.2 Å². The van der Waals surface area contributed by atoms with Gasteiger partial charge in [0.1, 0.15) is 17.1 Å². The molecule has 4 aromatic carbocycles. The van der Waals surface area contributed by atoms with E-state index in [0.29, 0.717) is 11.5 Å². The van der Waals surface area contributed by atoms with Crippen LogP contribution in [0.1, 0.15) is 35.1 Å². The molecule has 0 spiro atoms. The number of aryl methyl sites for hydroxylation is 2. The lowest BCUT2D eigenvalue weighted by Crippen LogP contribution is -2.36. The molecule has 4 aromatic rings. The van der Waals surface area contributed by atoms with Crippen LogP contribution in [0.3, 0.4) is 0 Å². The first-order chi connectivity index (χ1) is 18.5. The van der Waals surface area contributed by atoms with Gasteiger partial charge in [0, 0.05) is 5.56 Å². The van der Waals surface area contributed by atoms with Crippen molar-refractivity contribution >= 4 is 22.6 Å². The summed E-state index contributed by atoms with van der Waals surface area (Å²) in [6, 6.07) is 27.1. The van der Waals surface area contributed by atoms with Gasteiger partial charge in [0.25, 0.3) is 5.91 Å². The zero-order valence-electron chi connectivity index (χ0n) is 21.6. The standard InChI is InChI=1S/C32H29NO5/c1-4-36-32(35)30-28(23-11-6-5-7-12-23)29-25-13-9-8-10-22(25)15-17-26(29)38-31(30)33-27(34)19-37-24-16-14-20(2)21(3)18-24/h5-18,28H,4,19H2,1-3H3,(H,33,34). The molecule has 6 nitrogen and oxygen atoms in total. The Bertz CT molecular complexity index is 1540. The Morgan fingerprint density at radius 3 is 2.42 bits per heavy atom. The van der Waals surface area contributed by atoms with Crippen LogP contribution in [-0.2, 0) is 14.3 Å². The van der Waals surface area contributed by atoms with E-state index in [1.165, 1.54) is 0 Å². The number of amides is 1. The van der Waals surface area contributed by atoms with Crippen LogP contribution < -0.4 is 14.8 Å². The van der Waals surface area contributed by atoms with Gasteiger partial charge in [-0.05, 0) is 66.4 Å². The number of hydrogen-bond donors (Lipinski definition) is 1. The Hall–Kier alpha value is -4.58. The number of ether oxygens (including phenoxy) is 3. The minimum atomic E-state index is -0.551. The molecule has 0 aliphatic carbocycles. The molecule has 192 valence electrons. The van der Waals surface area contributed by atoms with E-state index in [2.05, 4.69) is 5.32 Å². The van der Waals surface area contributed by atoms with Crippen molar-refractivity contribution in [3.63, 3.8) is 0 Å². The van der Waals surface area contributed by atoms with E-state index in [0.717, 1.165) is 33.0 Å². The summed E-state index contributed by atoms with van der Waals surface area (Å²) < 4.78 is 17.4. The Morgan fingerprint density at radius 2 is 1.66 bits per heavy atom. The fourth-order valence-electron chi connectivity index (χ4n) is 4.71. The summed E-state index contributed by atoms with van der Waals surface area (Å²) in [5, 5.41) is 4.77. The van der Waals surface area contributed by atoms with E-state index < -0.39 is 17.8 Å². The van der Waals surface area contributed by atoms with Gasteiger partial charge in [-0.15, -0.1) is 0 Å². The molecule has 0 aromatic heterocycles. The highest BCUT2D eigenvalue weighted by Crippen LogP contribution is 2.46. The summed E-state index contributed by atoms with van der Waals surface area (Å²) in [6.07, 6.45) is 0. The maximum absolute atomic E-state index is 13.4. The van der Waals surface area contributed by atoms with Crippen molar-refractivity contribution in [3.8, 4) is 11.5 Å². The predicted octanol–water partition coefficient (Wildman–Crippen LogP) is 5.95. The van der Waals surface area contributed by atoms with Gasteiger partial charge in [0.15, 0.2) is 6.61 Å². The predicted molar refractivity (Wildman–Crippen MR) is 146 cm³/mol. The maximum atomic E-state index is 13.4. The lowest BCUT2D eigenvalue weighted by Gasteiger charge is -2.31. The van der Waals surface area contributed by atoms with Gasteiger partial charge in [0.05, 0.1) is 12.5 Å². The molecule has 0 saturated carbocycles. The monoisotopic (exact) mass is 507 g/mol. The molecule has 0 fully saturated rings. The van der Waals surface area contributed by atoms with Gasteiger partial charge in [-0.1, -0.05) is 66.7 Å². The second kappa shape index (κ2) is 10.8. The van der Waals surface area contributed by atoms with E-state index in [-0.39, 0.29) is 24.7 Å². The summed E-state index contributed by atoms with van der Waals surface area (Å²) in [5.74, 6) is -0.307. The first-order valence-corrected chi connectivity index (χ1v) is 12.6. The third-order valence-corrected chi connectivity index (χ3v) is 6.69. The molecule has 0 bridgehead atoms. The van der Waals surface area contributed by atoms with Gasteiger partial charge >= 0.3 is 5.97 Å². The van der Waals surface area contributed by atoms with E-state index in [1.54, 1.807) is 6.92 Å². The summed E-state index contributed by atoms with van der Waals surface area (Å²) in [6.45, 7) is 5.69. The summed E-state index contributed by atoms with van der Waals surface area (Å²) in [4.78, 5) is 26.5. The van der Waals surface area contributed by atoms with Crippen molar-refractivity contribution in [1.29, 1.82) is 0 Å². The summed E-state index contributed by atoms with van der Waals surface area (Å²) in [5.41, 5.74) is 4.18. The Balaban J connectivity index is 1.56. The van der Waals surface area contributed by atoms with Crippen LogP contribution in [0.25, 0.3) is 10.8 Å². The van der Waals surface area contributed by atoms with E-state index in [1.807, 2.05) is 98.8 Å². The lowest BCUT2D eigenvalue weighted by atomic mass is 9.80. The molecular formula is C32H29NO5. The minimum Gasteiger partial charge on any atom is -0.484 e. The second-order valence-corrected chi connectivity index (χ2v) is 9.19. The van der Waals surface area contributed by atoms with Crippen molar-refractivity contribution in [1.82, 2.24) is 5.32 Å². The smallest absolute Gasteiger partial charge is 0.340 e. The molecule has 1 heterocycles. The van der Waals surface area contributed by atoms with Crippen molar-refractivity contribution in [2.45, 2.75) is 26.7 Å². The van der Waals surface area contributed by atoms with E-state index in [4.69, 9.17) is 14.2 Å². The number of nitrogens with one attached hydrogen (secondary N) is 1. The topological polar surface area (TPSA) is 73.9 Å². The number of hydrogen-bond acceptors (Lipinski definition) is 5. The number of benzene rings is 4. The third-order valence-electron chi connectivity index (χ3n) is 6.69. The number of rotatable bonds is 7. The van der Waals surface area contributed by atoms with Gasteiger partial charge < -0.3 is 14.2 Å². The molecule has 1 aliphatic rings. The third kappa shape index (κ3) is 4.98. The minimum absolute atomic E-state index is 0.0498. The molecule has 0 saturated heterocycles. The van der Waals surface area contributed by atoms with Gasteiger partial charge in [0.2, 0.25) is 5.88 Å². The molecule has 5 rings (SSSR count). The number of carbonyl (C=O) groups excluding carboxylic acids is 2. The Kier molecular flexibility index (Phi) is 7.13. The molecule has 38 heavy (non-hydrogen) atoms. The number of carbonyl (C=O) groups is 2. The fourth-order valence-corrected chi connectivity index (χ4v) is 4.71. The van der Waals surface area contributed by atoms with Crippen molar-refractivity contribution < 1.29 is 23.8 Å². The van der Waals surface area contributed by atoms with E-state index >= 15 is 0 Å². The highest BCUT2D eigenvalue weighted by atomic mass is 16.5. The van der Waals surface area contributed by atoms with Crippen molar-refractivity contribution in [3.05, 3.63) is 119 Å². The quantitative estimate of drug-likeness (QED) is 0.313. The molecule has 0 radical (unpaired) electrons. The fraction of sp³-hybridized carbons (Fsp3) is 0.188. The second-order valence-electron chi connectivity index (χ2n) is 9.19. The van der Waals surface area contributed by atoms with Crippen LogP contribution in [-0.4, -0.2) is 25.1 Å². The highest BCUT2D eigenvalue weighted by Gasteiger charge is 2.38. The number of esters is 1. The normalized spacial score (nSPS) is 14.4. The first kappa shape index (κ1) is 25.1. The summed E-state index contributed by atoms with van der Waals surface area (Å²) in [7, 11) is 0.